The van der Waals surface area contributed by atoms with Crippen LogP contribution in [0.3, 0.4) is 0 Å². The zero-order valence-corrected chi connectivity index (χ0v) is 14.8. The Labute approximate surface area is 146 Å². The highest BCUT2D eigenvalue weighted by Gasteiger charge is 2.43. The zero-order chi connectivity index (χ0) is 17.5. The topological polar surface area (TPSA) is 59.4 Å². The molecule has 1 unspecified atom stereocenters. The molecule has 1 N–H and O–H groups in total. The van der Waals surface area contributed by atoms with Gasteiger partial charge >= 0.3 is 0 Å². The van der Waals surface area contributed by atoms with Crippen LogP contribution in [0.5, 0.6) is 5.75 Å². The number of nitrogens with one attached hydrogen (secondary N) is 1. The molecule has 1 aliphatic heterocycles. The van der Waals surface area contributed by atoms with Crippen molar-refractivity contribution in [2.45, 2.75) is 32.6 Å². The summed E-state index contributed by atoms with van der Waals surface area (Å²) in [5, 5.41) is 7.85. The number of carbonyl (C=O) groups excluding carboxylic acids is 1. The molecule has 3 rings (SSSR count). The molecule has 0 spiro atoms. The molecule has 5 heteroatoms. The fourth-order valence-corrected chi connectivity index (χ4v) is 3.64. The summed E-state index contributed by atoms with van der Waals surface area (Å²) in [4.78, 5) is 12.8. The van der Waals surface area contributed by atoms with E-state index in [4.69, 9.17) is 27.1 Å². The first-order chi connectivity index (χ1) is 11.4. The van der Waals surface area contributed by atoms with Crippen molar-refractivity contribution in [1.29, 1.82) is 5.41 Å². The van der Waals surface area contributed by atoms with Gasteiger partial charge in [0.05, 0.1) is 18.6 Å². The second-order valence-corrected chi connectivity index (χ2v) is 7.28. The maximum atomic E-state index is 12.8. The average Bonchev–Trinajstić information content (AvgIpc) is 2.52. The average molecular weight is 341 g/mol. The zero-order valence-electron chi connectivity index (χ0n) is 13.9. The van der Waals surface area contributed by atoms with E-state index in [2.05, 4.69) is 5.87 Å². The number of allylic oxidation sites excluding steroid dienone is 2. The number of benzene rings is 1. The maximum absolute atomic E-state index is 12.8. The number of ketones is 1. The van der Waals surface area contributed by atoms with Crippen molar-refractivity contribution >= 4 is 28.9 Å². The van der Waals surface area contributed by atoms with Crippen molar-refractivity contribution in [2.75, 3.05) is 7.11 Å². The van der Waals surface area contributed by atoms with Crippen LogP contribution in [0.4, 0.5) is 0 Å². The normalized spacial score (nSPS) is 22.6. The van der Waals surface area contributed by atoms with E-state index in [1.165, 1.54) is 0 Å². The van der Waals surface area contributed by atoms with E-state index in [-0.39, 0.29) is 16.2 Å². The van der Waals surface area contributed by atoms with Crippen LogP contribution in [0.15, 0.2) is 41.2 Å². The van der Waals surface area contributed by atoms with Crippen molar-refractivity contribution in [2.24, 2.45) is 5.41 Å². The lowest BCUT2D eigenvalue weighted by molar-refractivity contribution is -0.118. The minimum absolute atomic E-state index is 0.0531. The predicted octanol–water partition coefficient (Wildman–Crippen LogP) is 3.95. The number of hydrogen-bond donors (Lipinski definition) is 1. The molecule has 2 aliphatic rings. The molecule has 1 aliphatic carbocycles. The molecule has 0 radical (unpaired) electrons. The molecule has 0 bridgehead atoms. The van der Waals surface area contributed by atoms with E-state index >= 15 is 0 Å². The molecular formula is C19H19NO3S. The molecule has 1 aromatic carbocycles. The van der Waals surface area contributed by atoms with Crippen molar-refractivity contribution in [3.05, 3.63) is 46.7 Å². The summed E-state index contributed by atoms with van der Waals surface area (Å²) in [6.45, 7) is 4.09. The van der Waals surface area contributed by atoms with Gasteiger partial charge in [0, 0.05) is 18.4 Å². The summed E-state index contributed by atoms with van der Waals surface area (Å²) < 4.78 is 10.9. The number of carbonyl (C=O) groups is 1. The number of rotatable bonds is 2. The number of ether oxygens (including phenoxy) is 2. The molecule has 0 amide bonds. The van der Waals surface area contributed by atoms with E-state index in [1.54, 1.807) is 7.11 Å². The van der Waals surface area contributed by atoms with Crippen LogP contribution in [-0.2, 0) is 9.53 Å². The molecule has 4 nitrogen and oxygen atoms in total. The molecule has 124 valence electrons. The van der Waals surface area contributed by atoms with Crippen molar-refractivity contribution < 1.29 is 14.3 Å². The van der Waals surface area contributed by atoms with Gasteiger partial charge in [0.2, 0.25) is 5.05 Å². The van der Waals surface area contributed by atoms with E-state index < -0.39 is 5.92 Å². The third-order valence-electron chi connectivity index (χ3n) is 4.48. The first-order valence-electron chi connectivity index (χ1n) is 7.78. The Kier molecular flexibility index (Phi) is 4.16. The maximum Gasteiger partial charge on any atom is 0.203 e. The van der Waals surface area contributed by atoms with Crippen LogP contribution < -0.4 is 4.74 Å². The summed E-state index contributed by atoms with van der Waals surface area (Å²) >= 11 is 5.32. The summed E-state index contributed by atoms with van der Waals surface area (Å²) in [6.07, 6.45) is 1.12. The van der Waals surface area contributed by atoms with E-state index in [0.717, 1.165) is 11.3 Å². The number of methoxy groups -OCH3 is 1. The van der Waals surface area contributed by atoms with Gasteiger partial charge in [-0.15, -0.1) is 0 Å². The molecule has 1 heterocycles. The standard InChI is InChI=1S/C19H19NO3S/c1-19(2)8-14(21)17-15(9-19)23-18(24)13(10-20)16(17)11-4-6-12(22-3)7-5-11/h4-7,16,20H,8-9H2,1-3H3. The van der Waals surface area contributed by atoms with E-state index in [1.807, 2.05) is 38.1 Å². The molecule has 0 aromatic heterocycles. The van der Waals surface area contributed by atoms with Crippen molar-refractivity contribution in [3.8, 4) is 5.75 Å². The van der Waals surface area contributed by atoms with Gasteiger partial charge < -0.3 is 9.47 Å². The molecule has 0 saturated heterocycles. The summed E-state index contributed by atoms with van der Waals surface area (Å²) in [5.41, 5.74) is 1.78. The Morgan fingerprint density at radius 2 is 1.96 bits per heavy atom. The molecule has 24 heavy (non-hydrogen) atoms. The first-order valence-corrected chi connectivity index (χ1v) is 8.19. The SMILES string of the molecule is COc1ccc(C2C(=C=N)C(=S)OC3=C2C(=O)CC(C)(C)C3)cc1. The first kappa shape index (κ1) is 16.6. The lowest BCUT2D eigenvalue weighted by atomic mass is 9.70. The van der Waals surface area contributed by atoms with Crippen LogP contribution in [0.1, 0.15) is 38.2 Å². The highest BCUT2D eigenvalue weighted by atomic mass is 32.1. The quantitative estimate of drug-likeness (QED) is 0.503. The highest BCUT2D eigenvalue weighted by molar-refractivity contribution is 7.80. The number of Topliss-reactive ketones (excluding diaryl/α,β-unsaturated/α-hetero) is 1. The van der Waals surface area contributed by atoms with Crippen LogP contribution in [-0.4, -0.2) is 23.8 Å². The van der Waals surface area contributed by atoms with Crippen LogP contribution in [0.25, 0.3) is 0 Å². The molecule has 1 atom stereocenters. The van der Waals surface area contributed by atoms with Gasteiger partial charge in [0.25, 0.3) is 0 Å². The Bertz CT molecular complexity index is 798. The smallest absolute Gasteiger partial charge is 0.203 e. The largest absolute Gasteiger partial charge is 0.497 e. The fourth-order valence-electron chi connectivity index (χ4n) is 3.37. The van der Waals surface area contributed by atoms with Gasteiger partial charge in [-0.3, -0.25) is 10.2 Å². The molecular weight excluding hydrogens is 322 g/mol. The van der Waals surface area contributed by atoms with Gasteiger partial charge in [-0.1, -0.05) is 26.0 Å². The Balaban J connectivity index is 2.16. The molecule has 0 fully saturated rings. The Morgan fingerprint density at radius 1 is 1.29 bits per heavy atom. The highest BCUT2D eigenvalue weighted by Crippen LogP contribution is 2.47. The third-order valence-corrected chi connectivity index (χ3v) is 4.78. The lowest BCUT2D eigenvalue weighted by Gasteiger charge is -2.38. The summed E-state index contributed by atoms with van der Waals surface area (Å²) in [6, 6.07) is 7.47. The van der Waals surface area contributed by atoms with Crippen LogP contribution >= 0.6 is 12.2 Å². The second-order valence-electron chi connectivity index (χ2n) is 6.91. The molecule has 0 saturated carbocycles. The van der Waals surface area contributed by atoms with Crippen molar-refractivity contribution in [3.63, 3.8) is 0 Å². The minimum Gasteiger partial charge on any atom is -0.497 e. The second kappa shape index (κ2) is 6.00. The van der Waals surface area contributed by atoms with E-state index in [0.29, 0.717) is 29.7 Å². The predicted molar refractivity (Wildman–Crippen MR) is 95.7 cm³/mol. The lowest BCUT2D eigenvalue weighted by Crippen LogP contribution is -2.35. The van der Waals surface area contributed by atoms with Crippen molar-refractivity contribution in [1.82, 2.24) is 0 Å². The summed E-state index contributed by atoms with van der Waals surface area (Å²) in [5.74, 6) is 3.42. The molecule has 1 aromatic rings. The third kappa shape index (κ3) is 2.81. The van der Waals surface area contributed by atoms with Gasteiger partial charge in [-0.25, -0.2) is 0 Å². The van der Waals surface area contributed by atoms with Gasteiger partial charge in [-0.2, -0.15) is 0 Å². The van der Waals surface area contributed by atoms with Gasteiger partial charge in [-0.05, 0) is 41.2 Å². The number of thiocarbonyl (C=S) groups is 1. The van der Waals surface area contributed by atoms with Crippen LogP contribution in [0, 0.1) is 10.8 Å². The fraction of sp³-hybridized carbons (Fsp3) is 0.368. The monoisotopic (exact) mass is 341 g/mol. The van der Waals surface area contributed by atoms with Gasteiger partial charge in [0.15, 0.2) is 5.78 Å². The minimum atomic E-state index is -0.395. The Morgan fingerprint density at radius 3 is 2.54 bits per heavy atom. The summed E-state index contributed by atoms with van der Waals surface area (Å²) in [7, 11) is 1.61. The Hall–Kier alpha value is -2.23. The van der Waals surface area contributed by atoms with E-state index in [9.17, 15) is 4.79 Å². The van der Waals surface area contributed by atoms with Gasteiger partial charge in [0.1, 0.15) is 11.5 Å². The van der Waals surface area contributed by atoms with Crippen LogP contribution in [0.2, 0.25) is 0 Å². The number of hydrogen-bond acceptors (Lipinski definition) is 5.